The lowest BCUT2D eigenvalue weighted by Gasteiger charge is -2.21. The van der Waals surface area contributed by atoms with Gasteiger partial charge in [-0.1, -0.05) is 11.6 Å². The Balaban J connectivity index is 2.04. The van der Waals surface area contributed by atoms with Gasteiger partial charge in [-0.05, 0) is 42.5 Å². The van der Waals surface area contributed by atoms with Crippen molar-refractivity contribution in [1.82, 2.24) is 4.31 Å². The van der Waals surface area contributed by atoms with Crippen molar-refractivity contribution in [3.63, 3.8) is 0 Å². The minimum absolute atomic E-state index is 0.0752. The van der Waals surface area contributed by atoms with Crippen LogP contribution < -0.4 is 5.73 Å². The summed E-state index contributed by atoms with van der Waals surface area (Å²) in [5, 5.41) is 1.48. The molecule has 1 saturated heterocycles. The summed E-state index contributed by atoms with van der Waals surface area (Å²) in [6.07, 6.45) is 1.71. The van der Waals surface area contributed by atoms with Gasteiger partial charge in [0.1, 0.15) is 4.21 Å². The van der Waals surface area contributed by atoms with Gasteiger partial charge in [-0.2, -0.15) is 4.31 Å². The van der Waals surface area contributed by atoms with Gasteiger partial charge in [0, 0.05) is 28.9 Å². The number of fused-ring (bicyclic) bond motifs is 1. The van der Waals surface area contributed by atoms with E-state index >= 15 is 0 Å². The molecule has 4 nitrogen and oxygen atoms in total. The summed E-state index contributed by atoms with van der Waals surface area (Å²) in [5.74, 6) is 0. The minimum Gasteiger partial charge on any atom is -0.329 e. The van der Waals surface area contributed by atoms with Crippen molar-refractivity contribution in [2.24, 2.45) is 5.73 Å². The predicted molar refractivity (Wildman–Crippen MR) is 82.8 cm³/mol. The first-order valence-electron chi connectivity index (χ1n) is 6.43. The van der Waals surface area contributed by atoms with Crippen LogP contribution in [0.15, 0.2) is 28.5 Å². The van der Waals surface area contributed by atoms with Crippen LogP contribution in [0.2, 0.25) is 5.02 Å². The quantitative estimate of drug-likeness (QED) is 0.941. The van der Waals surface area contributed by atoms with Crippen LogP contribution in [0.25, 0.3) is 10.1 Å². The zero-order chi connectivity index (χ0) is 14.3. The Hall–Kier alpha value is -0.660. The molecule has 2 heterocycles. The molecule has 2 N–H and O–H groups in total. The number of hydrogen-bond acceptors (Lipinski definition) is 4. The van der Waals surface area contributed by atoms with Gasteiger partial charge >= 0.3 is 0 Å². The van der Waals surface area contributed by atoms with Crippen LogP contribution in [0.5, 0.6) is 0 Å². The van der Waals surface area contributed by atoms with Crippen LogP contribution in [0.1, 0.15) is 12.8 Å². The second kappa shape index (κ2) is 5.27. The average Bonchev–Trinajstić information content (AvgIpc) is 3.04. The van der Waals surface area contributed by atoms with Gasteiger partial charge in [0.25, 0.3) is 10.0 Å². The number of halogens is 1. The van der Waals surface area contributed by atoms with Crippen molar-refractivity contribution >= 4 is 43.0 Å². The molecule has 7 heteroatoms. The molecule has 0 aliphatic carbocycles. The lowest BCUT2D eigenvalue weighted by molar-refractivity contribution is 0.394. The second-order valence-corrected chi connectivity index (χ2v) is 8.53. The monoisotopic (exact) mass is 330 g/mol. The van der Waals surface area contributed by atoms with Crippen molar-refractivity contribution in [1.29, 1.82) is 0 Å². The fraction of sp³-hybridized carbons (Fsp3) is 0.385. The summed E-state index contributed by atoms with van der Waals surface area (Å²) in [6.45, 7) is 0.926. The number of rotatable bonds is 3. The first-order chi connectivity index (χ1) is 9.52. The maximum Gasteiger partial charge on any atom is 0.252 e. The maximum atomic E-state index is 12.7. The molecule has 3 rings (SSSR count). The standard InChI is InChI=1S/C13H15ClN2O2S2/c14-10-3-4-12-9(6-10)7-13(19-12)20(17,18)16-5-1-2-11(16)8-15/h3-4,6-7,11H,1-2,5,8,15H2. The Kier molecular flexibility index (Phi) is 3.77. The first-order valence-corrected chi connectivity index (χ1v) is 9.07. The van der Waals surface area contributed by atoms with Crippen LogP contribution in [0.4, 0.5) is 0 Å². The van der Waals surface area contributed by atoms with Gasteiger partial charge in [-0.15, -0.1) is 11.3 Å². The van der Waals surface area contributed by atoms with Gasteiger partial charge in [-0.3, -0.25) is 0 Å². The molecule has 1 fully saturated rings. The van der Waals surface area contributed by atoms with E-state index in [1.54, 1.807) is 22.5 Å². The van der Waals surface area contributed by atoms with Crippen LogP contribution in [0, 0.1) is 0 Å². The first kappa shape index (κ1) is 14.3. The molecule has 0 radical (unpaired) electrons. The topological polar surface area (TPSA) is 63.4 Å². The molecular weight excluding hydrogens is 316 g/mol. The van der Waals surface area contributed by atoms with E-state index in [1.165, 1.54) is 11.3 Å². The highest BCUT2D eigenvalue weighted by molar-refractivity contribution is 7.91. The maximum absolute atomic E-state index is 12.7. The number of nitrogens with zero attached hydrogens (tertiary/aromatic N) is 1. The van der Waals surface area contributed by atoms with Crippen LogP contribution >= 0.6 is 22.9 Å². The molecule has 1 atom stereocenters. The molecule has 1 aliphatic heterocycles. The summed E-state index contributed by atoms with van der Waals surface area (Å²) < 4.78 is 28.3. The Morgan fingerprint density at radius 2 is 2.20 bits per heavy atom. The molecule has 1 aromatic carbocycles. The summed E-state index contributed by atoms with van der Waals surface area (Å²) in [5.41, 5.74) is 5.67. The molecule has 0 bridgehead atoms. The molecule has 1 unspecified atom stereocenters. The molecule has 0 spiro atoms. The van der Waals surface area contributed by atoms with Gasteiger partial charge in [0.05, 0.1) is 0 Å². The predicted octanol–water partition coefficient (Wildman–Crippen LogP) is 2.67. The minimum atomic E-state index is -3.45. The van der Waals surface area contributed by atoms with Crippen molar-refractivity contribution in [3.8, 4) is 0 Å². The Bertz CT molecular complexity index is 742. The van der Waals surface area contributed by atoms with Gasteiger partial charge in [0.2, 0.25) is 0 Å². The second-order valence-electron chi connectivity index (χ2n) is 4.90. The van der Waals surface area contributed by atoms with E-state index in [1.807, 2.05) is 6.07 Å². The van der Waals surface area contributed by atoms with Crippen molar-refractivity contribution < 1.29 is 8.42 Å². The number of thiophene rings is 1. The molecular formula is C13H15ClN2O2S2. The highest BCUT2D eigenvalue weighted by atomic mass is 35.5. The van der Waals surface area contributed by atoms with Crippen LogP contribution in [-0.2, 0) is 10.0 Å². The van der Waals surface area contributed by atoms with E-state index in [2.05, 4.69) is 0 Å². The lowest BCUT2D eigenvalue weighted by atomic mass is 10.2. The molecule has 0 saturated carbocycles. The molecule has 0 amide bonds. The Morgan fingerprint density at radius 1 is 1.40 bits per heavy atom. The number of sulfonamides is 1. The van der Waals surface area contributed by atoms with Gasteiger partial charge in [0.15, 0.2) is 0 Å². The average molecular weight is 331 g/mol. The number of benzene rings is 1. The largest absolute Gasteiger partial charge is 0.329 e. The third-order valence-corrected chi connectivity index (χ3v) is 7.37. The number of hydrogen-bond donors (Lipinski definition) is 1. The Morgan fingerprint density at radius 3 is 2.95 bits per heavy atom. The fourth-order valence-corrected chi connectivity index (χ4v) is 5.99. The van der Waals surface area contributed by atoms with Crippen molar-refractivity contribution in [2.75, 3.05) is 13.1 Å². The van der Waals surface area contributed by atoms with Crippen LogP contribution in [-0.4, -0.2) is 31.9 Å². The third kappa shape index (κ3) is 2.35. The summed E-state index contributed by atoms with van der Waals surface area (Å²) in [6, 6.07) is 7.04. The lowest BCUT2D eigenvalue weighted by Crippen LogP contribution is -2.39. The summed E-state index contributed by atoms with van der Waals surface area (Å²) in [7, 11) is -3.45. The summed E-state index contributed by atoms with van der Waals surface area (Å²) >= 11 is 7.23. The zero-order valence-electron chi connectivity index (χ0n) is 10.8. The van der Waals surface area contributed by atoms with E-state index in [-0.39, 0.29) is 6.04 Å². The van der Waals surface area contributed by atoms with E-state index in [9.17, 15) is 8.42 Å². The molecule has 20 heavy (non-hydrogen) atoms. The molecule has 2 aromatic rings. The molecule has 108 valence electrons. The normalized spacial score (nSPS) is 20.8. The van der Waals surface area contributed by atoms with E-state index in [0.29, 0.717) is 22.3 Å². The Labute approximate surface area is 127 Å². The third-order valence-electron chi connectivity index (χ3n) is 3.61. The molecule has 1 aromatic heterocycles. The smallest absolute Gasteiger partial charge is 0.252 e. The van der Waals surface area contributed by atoms with Gasteiger partial charge < -0.3 is 5.73 Å². The van der Waals surface area contributed by atoms with Crippen LogP contribution in [0.3, 0.4) is 0 Å². The SMILES string of the molecule is NCC1CCCN1S(=O)(=O)c1cc2cc(Cl)ccc2s1. The van der Waals surface area contributed by atoms with Gasteiger partial charge in [-0.25, -0.2) is 8.42 Å². The van der Waals surface area contributed by atoms with E-state index in [4.69, 9.17) is 17.3 Å². The highest BCUT2D eigenvalue weighted by Gasteiger charge is 2.35. The molecule has 1 aliphatic rings. The summed E-state index contributed by atoms with van der Waals surface area (Å²) in [4.78, 5) is 0. The number of nitrogens with two attached hydrogens (primary N) is 1. The van der Waals surface area contributed by atoms with E-state index < -0.39 is 10.0 Å². The zero-order valence-corrected chi connectivity index (χ0v) is 13.1. The highest BCUT2D eigenvalue weighted by Crippen LogP contribution is 2.34. The van der Waals surface area contributed by atoms with Crippen molar-refractivity contribution in [3.05, 3.63) is 29.3 Å². The van der Waals surface area contributed by atoms with Crippen molar-refractivity contribution in [2.45, 2.75) is 23.1 Å². The van der Waals surface area contributed by atoms with E-state index in [0.717, 1.165) is 22.9 Å². The fourth-order valence-electron chi connectivity index (χ4n) is 2.59.